The first-order chi connectivity index (χ1) is 39.6. The first-order valence-corrected chi connectivity index (χ1v) is 32.7. The molecule has 0 aliphatic carbocycles. The zero-order chi connectivity index (χ0) is 58.8. The summed E-state index contributed by atoms with van der Waals surface area (Å²) in [5, 5.41) is 87.3. The Balaban J connectivity index is 1.74. The van der Waals surface area contributed by atoms with Crippen LogP contribution in [0.4, 0.5) is 0 Å². The normalized spacial score (nSPS) is 24.6. The Bertz CT molecular complexity index is 1630. The van der Waals surface area contributed by atoms with Gasteiger partial charge < -0.3 is 65.1 Å². The predicted octanol–water partition coefficient (Wildman–Crippen LogP) is 12.3. The van der Waals surface area contributed by atoms with E-state index in [0.717, 1.165) is 64.2 Å². The summed E-state index contributed by atoms with van der Waals surface area (Å²) in [5.74, 6) is -0.254. The molecule has 0 bridgehead atoms. The SMILES string of the molecule is CC/C=C\C/C=C\C/C=C\C/C=C\CCCCCCCCCCCCC(=O)NC(COC1OC(CO)C(OC2OC(CO)C(O)C(O)C2O)C(O)C1O)C(O)/C=C/CC/C=C/CCCCCCCCCCCCCCCCCCCC. The molecule has 0 aromatic heterocycles. The van der Waals surface area contributed by atoms with Crippen molar-refractivity contribution in [3.05, 3.63) is 72.9 Å². The van der Waals surface area contributed by atoms with Gasteiger partial charge in [-0.1, -0.05) is 247 Å². The van der Waals surface area contributed by atoms with Crippen LogP contribution in [0.3, 0.4) is 0 Å². The monoisotopic (exact) mass is 1150 g/mol. The van der Waals surface area contributed by atoms with Crippen LogP contribution in [0, 0.1) is 0 Å². The molecule has 9 N–H and O–H groups in total. The second-order valence-corrected chi connectivity index (χ2v) is 22.9. The number of amides is 1. The fourth-order valence-electron chi connectivity index (χ4n) is 10.4. The molecular formula is C67H119NO13. The number of unbranched alkanes of at least 4 members (excludes halogenated alkanes) is 29. The Kier molecular flexibility index (Phi) is 47.7. The largest absolute Gasteiger partial charge is 0.394 e. The number of carbonyl (C=O) groups excluding carboxylic acids is 1. The third kappa shape index (κ3) is 36.8. The summed E-state index contributed by atoms with van der Waals surface area (Å²) >= 11 is 0. The fourth-order valence-corrected chi connectivity index (χ4v) is 10.4. The highest BCUT2D eigenvalue weighted by atomic mass is 16.7. The van der Waals surface area contributed by atoms with Crippen LogP contribution >= 0.6 is 0 Å². The molecule has 1 amide bonds. The smallest absolute Gasteiger partial charge is 0.220 e. The van der Waals surface area contributed by atoms with E-state index in [4.69, 9.17) is 18.9 Å². The minimum Gasteiger partial charge on any atom is -0.394 e. The van der Waals surface area contributed by atoms with Gasteiger partial charge in [0.2, 0.25) is 5.91 Å². The summed E-state index contributed by atoms with van der Waals surface area (Å²) in [6.07, 6.45) is 52.3. The number of rotatable bonds is 52. The molecule has 12 unspecified atom stereocenters. The van der Waals surface area contributed by atoms with Gasteiger partial charge in [-0.2, -0.15) is 0 Å². The van der Waals surface area contributed by atoms with E-state index < -0.39 is 86.8 Å². The van der Waals surface area contributed by atoms with Crippen molar-refractivity contribution < 1.29 is 64.6 Å². The zero-order valence-electron chi connectivity index (χ0n) is 50.8. The average Bonchev–Trinajstić information content (AvgIpc) is 3.47. The van der Waals surface area contributed by atoms with Crippen molar-refractivity contribution >= 4 is 5.91 Å². The minimum atomic E-state index is -1.79. The lowest BCUT2D eigenvalue weighted by Crippen LogP contribution is -2.65. The van der Waals surface area contributed by atoms with Crippen LogP contribution in [0.1, 0.15) is 251 Å². The van der Waals surface area contributed by atoms with Gasteiger partial charge in [-0.15, -0.1) is 0 Å². The van der Waals surface area contributed by atoms with Gasteiger partial charge in [0, 0.05) is 6.42 Å². The second kappa shape index (κ2) is 51.8. The highest BCUT2D eigenvalue weighted by Gasteiger charge is 2.51. The van der Waals surface area contributed by atoms with E-state index in [9.17, 15) is 45.6 Å². The Labute approximate surface area is 491 Å². The lowest BCUT2D eigenvalue weighted by molar-refractivity contribution is -0.359. The van der Waals surface area contributed by atoms with E-state index in [0.29, 0.717) is 12.8 Å². The van der Waals surface area contributed by atoms with Gasteiger partial charge in [0.25, 0.3) is 0 Å². The summed E-state index contributed by atoms with van der Waals surface area (Å²) in [6, 6.07) is -0.939. The quantitative estimate of drug-likeness (QED) is 0.0204. The van der Waals surface area contributed by atoms with Crippen molar-refractivity contribution in [3.8, 4) is 0 Å². The molecule has 0 aromatic carbocycles. The van der Waals surface area contributed by atoms with Crippen LogP contribution in [0.25, 0.3) is 0 Å². The summed E-state index contributed by atoms with van der Waals surface area (Å²) in [6.45, 7) is 2.68. The molecule has 0 aromatic rings. The van der Waals surface area contributed by atoms with Gasteiger partial charge in [-0.05, 0) is 70.6 Å². The molecule has 2 heterocycles. The van der Waals surface area contributed by atoms with Gasteiger partial charge in [-0.25, -0.2) is 0 Å². The molecule has 2 aliphatic rings. The van der Waals surface area contributed by atoms with Crippen LogP contribution < -0.4 is 5.32 Å². The number of allylic oxidation sites excluding steroid dienone is 11. The Morgan fingerprint density at radius 3 is 1.36 bits per heavy atom. The minimum absolute atomic E-state index is 0.254. The molecule has 2 saturated heterocycles. The van der Waals surface area contributed by atoms with Crippen LogP contribution in [0.2, 0.25) is 0 Å². The van der Waals surface area contributed by atoms with E-state index in [1.54, 1.807) is 6.08 Å². The lowest BCUT2D eigenvalue weighted by atomic mass is 9.97. The third-order valence-corrected chi connectivity index (χ3v) is 15.6. The molecule has 0 radical (unpaired) electrons. The topological polar surface area (TPSA) is 228 Å². The summed E-state index contributed by atoms with van der Waals surface area (Å²) in [4.78, 5) is 13.3. The van der Waals surface area contributed by atoms with Gasteiger partial charge in [0.15, 0.2) is 12.6 Å². The maximum absolute atomic E-state index is 13.3. The molecular weight excluding hydrogens is 1030 g/mol. The maximum Gasteiger partial charge on any atom is 0.220 e. The molecule has 14 heteroatoms. The maximum atomic E-state index is 13.3. The Morgan fingerprint density at radius 2 is 0.864 bits per heavy atom. The molecule has 2 fully saturated rings. The van der Waals surface area contributed by atoms with Gasteiger partial charge in [-0.3, -0.25) is 4.79 Å². The van der Waals surface area contributed by atoms with Crippen LogP contribution in [0.15, 0.2) is 72.9 Å². The average molecular weight is 1150 g/mol. The van der Waals surface area contributed by atoms with Gasteiger partial charge in [0.1, 0.15) is 48.8 Å². The van der Waals surface area contributed by atoms with E-state index in [1.807, 2.05) is 6.08 Å². The number of aliphatic hydroxyl groups is 8. The molecule has 2 aliphatic heterocycles. The highest BCUT2D eigenvalue weighted by Crippen LogP contribution is 2.30. The number of aliphatic hydroxyl groups excluding tert-OH is 8. The highest BCUT2D eigenvalue weighted by molar-refractivity contribution is 5.76. The molecule has 12 atom stereocenters. The van der Waals surface area contributed by atoms with Crippen molar-refractivity contribution in [2.45, 2.75) is 325 Å². The Morgan fingerprint density at radius 1 is 0.457 bits per heavy atom. The van der Waals surface area contributed by atoms with Crippen LogP contribution in [-0.4, -0.2) is 140 Å². The number of ether oxygens (including phenoxy) is 4. The summed E-state index contributed by atoms with van der Waals surface area (Å²) in [7, 11) is 0. The number of carbonyl (C=O) groups is 1. The van der Waals surface area contributed by atoms with Crippen LogP contribution in [-0.2, 0) is 23.7 Å². The summed E-state index contributed by atoms with van der Waals surface area (Å²) < 4.78 is 22.8. The van der Waals surface area contributed by atoms with Crippen molar-refractivity contribution in [2.75, 3.05) is 19.8 Å². The van der Waals surface area contributed by atoms with Crippen LogP contribution in [0.5, 0.6) is 0 Å². The van der Waals surface area contributed by atoms with Crippen molar-refractivity contribution in [1.82, 2.24) is 5.32 Å². The van der Waals surface area contributed by atoms with Crippen molar-refractivity contribution in [3.63, 3.8) is 0 Å². The van der Waals surface area contributed by atoms with E-state index >= 15 is 0 Å². The van der Waals surface area contributed by atoms with E-state index in [1.165, 1.54) is 154 Å². The third-order valence-electron chi connectivity index (χ3n) is 15.6. The number of nitrogens with one attached hydrogen (secondary N) is 1. The number of hydrogen-bond donors (Lipinski definition) is 9. The molecule has 0 saturated carbocycles. The lowest BCUT2D eigenvalue weighted by Gasteiger charge is -2.46. The standard InChI is InChI=1S/C67H119NO13/c1-3-5-7-9-11-13-15-17-19-21-23-25-27-29-30-32-34-36-38-40-42-44-46-48-50-56(71)55(54-78-66-64(77)62(75)65(58(53-70)80-66)81-67-63(76)61(74)60(73)57(52-69)79-67)68-59(72)51-49-47-45-43-41-39-37-35-33-31-28-26-24-22-20-18-16-14-12-10-8-6-4-2/h6,8,12,14,18,20,24,26,40,42,48,50,55-58,60-67,69-71,73-77H,3-5,7,9-11,13,15-17,19,21-23,25,27-39,41,43-47,49,51-54H2,1-2H3,(H,68,72)/b8-6-,14-12-,20-18-,26-24-,42-40+,50-48+. The van der Waals surface area contributed by atoms with E-state index in [-0.39, 0.29) is 18.9 Å². The van der Waals surface area contributed by atoms with Gasteiger partial charge in [0.05, 0.1) is 32.0 Å². The van der Waals surface area contributed by atoms with Gasteiger partial charge >= 0.3 is 0 Å². The number of hydrogen-bond acceptors (Lipinski definition) is 13. The zero-order valence-corrected chi connectivity index (χ0v) is 50.8. The molecule has 0 spiro atoms. The van der Waals surface area contributed by atoms with Crippen molar-refractivity contribution in [1.29, 1.82) is 0 Å². The summed E-state index contributed by atoms with van der Waals surface area (Å²) in [5.41, 5.74) is 0. The Hall–Kier alpha value is -2.57. The fraction of sp³-hybridized carbons (Fsp3) is 0.806. The second-order valence-electron chi connectivity index (χ2n) is 22.9. The first kappa shape index (κ1) is 74.5. The first-order valence-electron chi connectivity index (χ1n) is 32.7. The molecule has 470 valence electrons. The molecule has 14 nitrogen and oxygen atoms in total. The van der Waals surface area contributed by atoms with E-state index in [2.05, 4.69) is 79.9 Å². The molecule has 2 rings (SSSR count). The molecule has 81 heavy (non-hydrogen) atoms. The van der Waals surface area contributed by atoms with Crippen molar-refractivity contribution in [2.24, 2.45) is 0 Å². The predicted molar refractivity (Wildman–Crippen MR) is 327 cm³/mol.